The van der Waals surface area contributed by atoms with Gasteiger partial charge in [-0.3, -0.25) is 24.5 Å². The summed E-state index contributed by atoms with van der Waals surface area (Å²) in [6, 6.07) is 10.5. The maximum Gasteiger partial charge on any atom is 0.270 e. The molecule has 1 unspecified atom stereocenters. The van der Waals surface area contributed by atoms with Gasteiger partial charge >= 0.3 is 0 Å². The van der Waals surface area contributed by atoms with Crippen LogP contribution in [0.25, 0.3) is 10.9 Å². The summed E-state index contributed by atoms with van der Waals surface area (Å²) in [4.78, 5) is 56.7. The molecule has 0 aliphatic carbocycles. The molecule has 2 saturated heterocycles. The standard InChI is InChI=1S/C28H27ClN4O5/c29-18-2-4-20-21(14-34)25(30-22(20)12-18)28(38)32-9-7-15(8-10-32)16-1-3-19-17(11-16)13-33(27(19)37)23-5-6-24(35)31-26(23)36/h1-4,11-12,15,23,30,34H,5-10,13-14H2,(H,31,35,36). The number of likely N-dealkylation sites (tertiary alicyclic amines) is 1. The van der Waals surface area contributed by atoms with Crippen molar-refractivity contribution in [3.05, 3.63) is 69.4 Å². The lowest BCUT2D eigenvalue weighted by atomic mass is 9.87. The molecule has 0 saturated carbocycles. The van der Waals surface area contributed by atoms with Crippen LogP contribution < -0.4 is 5.32 Å². The van der Waals surface area contributed by atoms with Gasteiger partial charge in [-0.2, -0.15) is 0 Å². The number of rotatable bonds is 4. The molecule has 3 N–H and O–H groups in total. The van der Waals surface area contributed by atoms with Crippen LogP contribution in [0.5, 0.6) is 0 Å². The Kier molecular flexibility index (Phi) is 6.20. The molecule has 2 aromatic carbocycles. The number of carbonyl (C=O) groups is 4. The van der Waals surface area contributed by atoms with Gasteiger partial charge in [0.1, 0.15) is 11.7 Å². The van der Waals surface area contributed by atoms with Crippen molar-refractivity contribution in [2.75, 3.05) is 13.1 Å². The van der Waals surface area contributed by atoms with Crippen LogP contribution in [0.1, 0.15) is 69.1 Å². The number of fused-ring (bicyclic) bond motifs is 2. The summed E-state index contributed by atoms with van der Waals surface area (Å²) >= 11 is 6.10. The van der Waals surface area contributed by atoms with Crippen LogP contribution in [0.3, 0.4) is 0 Å². The minimum absolute atomic E-state index is 0.140. The number of aliphatic hydroxyl groups is 1. The maximum atomic E-state index is 13.4. The van der Waals surface area contributed by atoms with Crippen molar-refractivity contribution in [3.63, 3.8) is 0 Å². The summed E-state index contributed by atoms with van der Waals surface area (Å²) in [5, 5.41) is 13.6. The van der Waals surface area contributed by atoms with Crippen molar-refractivity contribution < 1.29 is 24.3 Å². The number of nitrogens with one attached hydrogen (secondary N) is 2. The van der Waals surface area contributed by atoms with E-state index < -0.39 is 11.9 Å². The predicted octanol–water partition coefficient (Wildman–Crippen LogP) is 3.09. The molecule has 2 fully saturated rings. The molecular formula is C28H27ClN4O5. The van der Waals surface area contributed by atoms with Crippen LogP contribution in [0.4, 0.5) is 0 Å². The number of benzene rings is 2. The Bertz CT molecular complexity index is 1490. The number of carbonyl (C=O) groups excluding carboxylic acids is 4. The second-order valence-corrected chi connectivity index (χ2v) is 10.6. The number of hydrogen-bond acceptors (Lipinski definition) is 5. The topological polar surface area (TPSA) is 123 Å². The van der Waals surface area contributed by atoms with Gasteiger partial charge in [0, 0.05) is 53.1 Å². The number of aromatic nitrogens is 1. The molecule has 10 heteroatoms. The number of aromatic amines is 1. The Morgan fingerprint density at radius 3 is 2.58 bits per heavy atom. The van der Waals surface area contributed by atoms with Crippen molar-refractivity contribution in [3.8, 4) is 0 Å². The predicted molar refractivity (Wildman–Crippen MR) is 140 cm³/mol. The number of amides is 4. The summed E-state index contributed by atoms with van der Waals surface area (Å²) in [6.07, 6.45) is 2.11. The van der Waals surface area contributed by atoms with E-state index in [9.17, 15) is 24.3 Å². The molecule has 0 bridgehead atoms. The zero-order chi connectivity index (χ0) is 26.6. The molecule has 4 amide bonds. The molecule has 0 radical (unpaired) electrons. The lowest BCUT2D eigenvalue weighted by Crippen LogP contribution is -2.52. The van der Waals surface area contributed by atoms with E-state index in [4.69, 9.17) is 11.6 Å². The molecule has 0 spiro atoms. The largest absolute Gasteiger partial charge is 0.392 e. The molecule has 196 valence electrons. The van der Waals surface area contributed by atoms with Crippen molar-refractivity contribution in [2.24, 2.45) is 0 Å². The van der Waals surface area contributed by atoms with Gasteiger partial charge in [0.2, 0.25) is 11.8 Å². The number of aliphatic hydroxyl groups excluding tert-OH is 1. The number of hydrogen-bond donors (Lipinski definition) is 3. The number of nitrogens with zero attached hydrogens (tertiary/aromatic N) is 2. The molecule has 3 aliphatic heterocycles. The zero-order valence-electron chi connectivity index (χ0n) is 20.6. The summed E-state index contributed by atoms with van der Waals surface area (Å²) in [7, 11) is 0. The average molecular weight is 535 g/mol. The monoisotopic (exact) mass is 534 g/mol. The average Bonchev–Trinajstić information content (AvgIpc) is 3.44. The van der Waals surface area contributed by atoms with E-state index in [0.717, 1.165) is 34.9 Å². The lowest BCUT2D eigenvalue weighted by Gasteiger charge is -2.32. The third-order valence-electron chi connectivity index (χ3n) is 8.04. The fourth-order valence-corrected chi connectivity index (χ4v) is 6.17. The van der Waals surface area contributed by atoms with E-state index in [0.29, 0.717) is 47.9 Å². The second-order valence-electron chi connectivity index (χ2n) is 10.2. The Hall–Kier alpha value is -3.69. The van der Waals surface area contributed by atoms with Gasteiger partial charge in [-0.15, -0.1) is 0 Å². The SMILES string of the molecule is O=C1CCC(N2Cc3cc(C4CCN(C(=O)c5[nH]c6cc(Cl)ccc6c5CO)CC4)ccc3C2=O)C(=O)N1. The lowest BCUT2D eigenvalue weighted by molar-refractivity contribution is -0.136. The Balaban J connectivity index is 1.14. The van der Waals surface area contributed by atoms with E-state index in [1.165, 1.54) is 0 Å². The summed E-state index contributed by atoms with van der Waals surface area (Å²) < 4.78 is 0. The summed E-state index contributed by atoms with van der Waals surface area (Å²) in [5.74, 6) is -0.797. The fraction of sp³-hybridized carbons (Fsp3) is 0.357. The first-order chi connectivity index (χ1) is 18.3. The van der Waals surface area contributed by atoms with Gasteiger partial charge in [0.05, 0.1) is 6.61 Å². The van der Waals surface area contributed by atoms with Crippen LogP contribution in [0.2, 0.25) is 5.02 Å². The number of halogens is 1. The highest BCUT2D eigenvalue weighted by Crippen LogP contribution is 2.34. The molecule has 1 atom stereocenters. The number of H-pyrrole nitrogens is 1. The summed E-state index contributed by atoms with van der Waals surface area (Å²) in [6.45, 7) is 1.24. The molecular weight excluding hydrogens is 508 g/mol. The first-order valence-corrected chi connectivity index (χ1v) is 13.2. The van der Waals surface area contributed by atoms with Crippen molar-refractivity contribution in [2.45, 2.75) is 50.8 Å². The molecule has 1 aromatic heterocycles. The van der Waals surface area contributed by atoms with Gasteiger partial charge in [-0.1, -0.05) is 29.8 Å². The highest BCUT2D eigenvalue weighted by molar-refractivity contribution is 6.31. The van der Waals surface area contributed by atoms with E-state index in [-0.39, 0.29) is 36.7 Å². The number of piperidine rings is 2. The van der Waals surface area contributed by atoms with E-state index in [1.807, 2.05) is 29.2 Å². The number of imide groups is 1. The Morgan fingerprint density at radius 1 is 1.05 bits per heavy atom. The summed E-state index contributed by atoms with van der Waals surface area (Å²) in [5.41, 5.74) is 4.30. The van der Waals surface area contributed by atoms with Crippen molar-refractivity contribution >= 4 is 46.1 Å². The molecule has 3 aromatic rings. The molecule has 4 heterocycles. The highest BCUT2D eigenvalue weighted by Gasteiger charge is 2.39. The van der Waals surface area contributed by atoms with E-state index in [2.05, 4.69) is 10.3 Å². The fourth-order valence-electron chi connectivity index (χ4n) is 6.00. The second kappa shape index (κ2) is 9.56. The van der Waals surface area contributed by atoms with Crippen LogP contribution >= 0.6 is 11.6 Å². The van der Waals surface area contributed by atoms with Crippen LogP contribution in [-0.4, -0.2) is 62.7 Å². The zero-order valence-corrected chi connectivity index (χ0v) is 21.4. The van der Waals surface area contributed by atoms with Crippen LogP contribution in [0.15, 0.2) is 36.4 Å². The molecule has 3 aliphatic rings. The third-order valence-corrected chi connectivity index (χ3v) is 8.28. The quantitative estimate of drug-likeness (QED) is 0.444. The molecule has 6 rings (SSSR count). The third kappa shape index (κ3) is 4.16. The van der Waals surface area contributed by atoms with E-state index in [1.54, 1.807) is 17.0 Å². The Labute approximate surface area is 223 Å². The molecule has 9 nitrogen and oxygen atoms in total. The minimum Gasteiger partial charge on any atom is -0.392 e. The first kappa shape index (κ1) is 24.6. The molecule has 38 heavy (non-hydrogen) atoms. The highest BCUT2D eigenvalue weighted by atomic mass is 35.5. The van der Waals surface area contributed by atoms with Crippen LogP contribution in [0, 0.1) is 0 Å². The van der Waals surface area contributed by atoms with Gasteiger partial charge in [0.25, 0.3) is 11.8 Å². The van der Waals surface area contributed by atoms with Gasteiger partial charge in [0.15, 0.2) is 0 Å². The van der Waals surface area contributed by atoms with Crippen molar-refractivity contribution in [1.82, 2.24) is 20.1 Å². The van der Waals surface area contributed by atoms with Crippen molar-refractivity contribution in [1.29, 1.82) is 0 Å². The van der Waals surface area contributed by atoms with Gasteiger partial charge < -0.3 is 19.9 Å². The smallest absolute Gasteiger partial charge is 0.270 e. The van der Waals surface area contributed by atoms with Gasteiger partial charge in [-0.05, 0) is 54.5 Å². The first-order valence-electron chi connectivity index (χ1n) is 12.8. The Morgan fingerprint density at radius 2 is 1.84 bits per heavy atom. The van der Waals surface area contributed by atoms with Crippen LogP contribution in [-0.2, 0) is 22.7 Å². The van der Waals surface area contributed by atoms with E-state index >= 15 is 0 Å². The minimum atomic E-state index is -0.630. The normalized spacial score (nSPS) is 20.3. The maximum absolute atomic E-state index is 13.4. The van der Waals surface area contributed by atoms with Gasteiger partial charge in [-0.25, -0.2) is 0 Å².